The van der Waals surface area contributed by atoms with Gasteiger partial charge in [0.15, 0.2) is 17.4 Å². The summed E-state index contributed by atoms with van der Waals surface area (Å²) in [5.41, 5.74) is 0.171. The number of ketones is 1. The number of carbonyl (C=O) groups is 1. The molecule has 1 aromatic heterocycles. The normalized spacial score (nSPS) is 10.4. The van der Waals surface area contributed by atoms with Gasteiger partial charge in [0.05, 0.1) is 5.56 Å². The van der Waals surface area contributed by atoms with Crippen LogP contribution in [0, 0.1) is 18.6 Å². The summed E-state index contributed by atoms with van der Waals surface area (Å²) < 4.78 is 26.3. The fraction of sp³-hybridized carbons (Fsp3) is 0.0833. The van der Waals surface area contributed by atoms with Gasteiger partial charge < -0.3 is 0 Å². The highest BCUT2D eigenvalue weighted by molar-refractivity contribution is 7.10. The standard InChI is InChI=1S/C12H8F2OS/c1-7-5-8(6-16-7)12(15)9-3-2-4-10(13)11(9)14/h2-6H,1H3. The molecule has 0 saturated heterocycles. The van der Waals surface area contributed by atoms with E-state index in [4.69, 9.17) is 0 Å². The van der Waals surface area contributed by atoms with Gasteiger partial charge in [-0.05, 0) is 25.1 Å². The van der Waals surface area contributed by atoms with E-state index in [0.29, 0.717) is 5.56 Å². The molecule has 0 bridgehead atoms. The molecule has 1 nitrogen and oxygen atoms in total. The van der Waals surface area contributed by atoms with Gasteiger partial charge in [0.2, 0.25) is 0 Å². The van der Waals surface area contributed by atoms with Gasteiger partial charge in [-0.2, -0.15) is 0 Å². The summed E-state index contributed by atoms with van der Waals surface area (Å²) in [6, 6.07) is 5.26. The highest BCUT2D eigenvalue weighted by Gasteiger charge is 2.17. The molecule has 2 aromatic rings. The molecule has 1 aromatic carbocycles. The Kier molecular flexibility index (Phi) is 2.83. The van der Waals surface area contributed by atoms with Crippen molar-refractivity contribution in [2.24, 2.45) is 0 Å². The first-order valence-corrected chi connectivity index (χ1v) is 5.51. The number of aryl methyl sites for hydroxylation is 1. The molecule has 16 heavy (non-hydrogen) atoms. The van der Waals surface area contributed by atoms with Crippen molar-refractivity contribution in [3.63, 3.8) is 0 Å². The molecule has 0 amide bonds. The molecule has 1 heterocycles. The van der Waals surface area contributed by atoms with Gasteiger partial charge in [0.25, 0.3) is 0 Å². The van der Waals surface area contributed by atoms with Crippen LogP contribution in [-0.4, -0.2) is 5.78 Å². The number of carbonyl (C=O) groups excluding carboxylic acids is 1. The summed E-state index contributed by atoms with van der Waals surface area (Å²) in [4.78, 5) is 12.8. The molecule has 0 unspecified atom stereocenters. The number of hydrogen-bond acceptors (Lipinski definition) is 2. The Bertz CT molecular complexity index is 546. The fourth-order valence-electron chi connectivity index (χ4n) is 1.40. The first-order valence-electron chi connectivity index (χ1n) is 4.63. The zero-order chi connectivity index (χ0) is 11.7. The molecular weight excluding hydrogens is 230 g/mol. The Labute approximate surface area is 95.4 Å². The summed E-state index contributed by atoms with van der Waals surface area (Å²) in [7, 11) is 0. The zero-order valence-electron chi connectivity index (χ0n) is 8.46. The minimum atomic E-state index is -1.09. The molecule has 4 heteroatoms. The van der Waals surface area contributed by atoms with Crippen molar-refractivity contribution in [3.05, 3.63) is 57.3 Å². The van der Waals surface area contributed by atoms with Crippen molar-refractivity contribution in [1.82, 2.24) is 0 Å². The SMILES string of the molecule is Cc1cc(C(=O)c2cccc(F)c2F)cs1. The average molecular weight is 238 g/mol. The van der Waals surface area contributed by atoms with Crippen LogP contribution in [0.4, 0.5) is 8.78 Å². The molecular formula is C12H8F2OS. The van der Waals surface area contributed by atoms with Crippen LogP contribution in [0.2, 0.25) is 0 Å². The smallest absolute Gasteiger partial charge is 0.196 e. The summed E-state index contributed by atoms with van der Waals surface area (Å²) >= 11 is 1.40. The zero-order valence-corrected chi connectivity index (χ0v) is 9.28. The second-order valence-corrected chi connectivity index (χ2v) is 4.49. The third kappa shape index (κ3) is 1.88. The van der Waals surface area contributed by atoms with E-state index in [0.717, 1.165) is 10.9 Å². The second-order valence-electron chi connectivity index (χ2n) is 3.38. The third-order valence-corrected chi connectivity index (χ3v) is 3.05. The van der Waals surface area contributed by atoms with Crippen LogP contribution < -0.4 is 0 Å². The lowest BCUT2D eigenvalue weighted by atomic mass is 10.1. The molecule has 0 spiro atoms. The first kappa shape index (κ1) is 11.0. The topological polar surface area (TPSA) is 17.1 Å². The Morgan fingerprint density at radius 3 is 2.69 bits per heavy atom. The minimum Gasteiger partial charge on any atom is -0.288 e. The van der Waals surface area contributed by atoms with Gasteiger partial charge in [0.1, 0.15) is 0 Å². The van der Waals surface area contributed by atoms with Crippen LogP contribution in [0.5, 0.6) is 0 Å². The van der Waals surface area contributed by atoms with Gasteiger partial charge in [-0.15, -0.1) is 11.3 Å². The van der Waals surface area contributed by atoms with Gasteiger partial charge in [-0.3, -0.25) is 4.79 Å². The Morgan fingerprint density at radius 2 is 2.06 bits per heavy atom. The van der Waals surface area contributed by atoms with Crippen molar-refractivity contribution in [2.45, 2.75) is 6.92 Å². The van der Waals surface area contributed by atoms with Gasteiger partial charge in [-0.25, -0.2) is 8.78 Å². The number of halogens is 2. The first-order chi connectivity index (χ1) is 7.59. The van der Waals surface area contributed by atoms with Crippen molar-refractivity contribution < 1.29 is 13.6 Å². The van der Waals surface area contributed by atoms with Crippen LogP contribution in [0.1, 0.15) is 20.8 Å². The number of benzene rings is 1. The maximum absolute atomic E-state index is 13.4. The molecule has 0 atom stereocenters. The van der Waals surface area contributed by atoms with Crippen molar-refractivity contribution in [2.75, 3.05) is 0 Å². The van der Waals surface area contributed by atoms with E-state index in [1.165, 1.54) is 23.5 Å². The van der Waals surface area contributed by atoms with Crippen LogP contribution in [0.3, 0.4) is 0 Å². The number of thiophene rings is 1. The van der Waals surface area contributed by atoms with E-state index in [1.54, 1.807) is 11.4 Å². The van der Waals surface area contributed by atoms with E-state index in [2.05, 4.69) is 0 Å². The van der Waals surface area contributed by atoms with Crippen LogP contribution in [0.15, 0.2) is 29.6 Å². The molecule has 82 valence electrons. The third-order valence-electron chi connectivity index (χ3n) is 2.19. The highest BCUT2D eigenvalue weighted by atomic mass is 32.1. The Morgan fingerprint density at radius 1 is 1.31 bits per heavy atom. The van der Waals surface area contributed by atoms with E-state index in [9.17, 15) is 13.6 Å². The molecule has 0 N–H and O–H groups in total. The summed E-state index contributed by atoms with van der Waals surface area (Å²) in [5, 5.41) is 1.64. The monoisotopic (exact) mass is 238 g/mol. The van der Waals surface area contributed by atoms with E-state index in [1.807, 2.05) is 6.92 Å². The number of hydrogen-bond donors (Lipinski definition) is 0. The molecule has 0 aliphatic carbocycles. The molecule has 2 rings (SSSR count). The fourth-order valence-corrected chi connectivity index (χ4v) is 2.08. The molecule has 0 fully saturated rings. The summed E-state index contributed by atoms with van der Waals surface area (Å²) in [6.45, 7) is 1.85. The maximum Gasteiger partial charge on any atom is 0.196 e. The Balaban J connectivity index is 2.45. The van der Waals surface area contributed by atoms with E-state index in [-0.39, 0.29) is 5.56 Å². The van der Waals surface area contributed by atoms with E-state index < -0.39 is 17.4 Å². The lowest BCUT2D eigenvalue weighted by molar-refractivity contribution is 0.103. The lowest BCUT2D eigenvalue weighted by Crippen LogP contribution is -2.04. The largest absolute Gasteiger partial charge is 0.288 e. The van der Waals surface area contributed by atoms with Crippen molar-refractivity contribution >= 4 is 17.1 Å². The van der Waals surface area contributed by atoms with Crippen molar-refractivity contribution in [3.8, 4) is 0 Å². The quantitative estimate of drug-likeness (QED) is 0.731. The predicted octanol–water partition coefficient (Wildman–Crippen LogP) is 3.57. The molecule has 0 aliphatic rings. The van der Waals surface area contributed by atoms with Crippen LogP contribution in [0.25, 0.3) is 0 Å². The molecule has 0 radical (unpaired) electrons. The van der Waals surface area contributed by atoms with E-state index >= 15 is 0 Å². The van der Waals surface area contributed by atoms with Gasteiger partial charge in [0, 0.05) is 15.8 Å². The summed E-state index contributed by atoms with van der Waals surface area (Å²) in [5.74, 6) is -2.57. The molecule has 0 saturated carbocycles. The predicted molar refractivity (Wildman–Crippen MR) is 58.8 cm³/mol. The number of rotatable bonds is 2. The van der Waals surface area contributed by atoms with Crippen LogP contribution in [-0.2, 0) is 0 Å². The molecule has 0 aliphatic heterocycles. The highest BCUT2D eigenvalue weighted by Crippen LogP contribution is 2.20. The lowest BCUT2D eigenvalue weighted by Gasteiger charge is -2.00. The minimum absolute atomic E-state index is 0.224. The van der Waals surface area contributed by atoms with Crippen molar-refractivity contribution in [1.29, 1.82) is 0 Å². The Hall–Kier alpha value is -1.55. The second kappa shape index (κ2) is 4.14. The maximum atomic E-state index is 13.4. The van der Waals surface area contributed by atoms with Crippen LogP contribution >= 0.6 is 11.3 Å². The van der Waals surface area contributed by atoms with Gasteiger partial charge >= 0.3 is 0 Å². The average Bonchev–Trinajstić information content (AvgIpc) is 2.68. The summed E-state index contributed by atoms with van der Waals surface area (Å²) in [6.07, 6.45) is 0. The van der Waals surface area contributed by atoms with Gasteiger partial charge in [-0.1, -0.05) is 6.07 Å².